The number of nitrogens with one attached hydrogen (secondary N) is 2. The lowest BCUT2D eigenvalue weighted by Crippen LogP contribution is -2.14. The van der Waals surface area contributed by atoms with Crippen molar-refractivity contribution in [2.24, 2.45) is 0 Å². The largest absolute Gasteiger partial charge is 0.326 e. The maximum absolute atomic E-state index is 12.4. The lowest BCUT2D eigenvalue weighted by atomic mass is 10.1. The number of amides is 2. The standard InChI is InChI=1S/C21H18N4O2S/c1-14(26)22-21-24-18-9-6-16(13-19(18)28-21)23-20(27)12-15-4-7-17(8-5-15)25-10-2-3-11-25/h2-11,13H,12H2,1H3,(H,23,27)(H,22,24,26). The topological polar surface area (TPSA) is 76.0 Å². The van der Waals surface area contributed by atoms with Crippen LogP contribution in [0.4, 0.5) is 10.8 Å². The predicted octanol–water partition coefficient (Wildman–Crippen LogP) is 4.23. The van der Waals surface area contributed by atoms with Gasteiger partial charge in [0.1, 0.15) is 0 Å². The number of rotatable bonds is 5. The van der Waals surface area contributed by atoms with Gasteiger partial charge < -0.3 is 15.2 Å². The van der Waals surface area contributed by atoms with E-state index in [2.05, 4.69) is 15.6 Å². The number of benzene rings is 2. The van der Waals surface area contributed by atoms with Crippen molar-refractivity contribution < 1.29 is 9.59 Å². The fourth-order valence-electron chi connectivity index (χ4n) is 2.89. The molecule has 0 radical (unpaired) electrons. The number of aromatic nitrogens is 2. The van der Waals surface area contributed by atoms with Crippen LogP contribution in [0.5, 0.6) is 0 Å². The molecule has 0 spiro atoms. The maximum Gasteiger partial charge on any atom is 0.228 e. The molecule has 4 aromatic rings. The Morgan fingerprint density at radius 2 is 1.79 bits per heavy atom. The minimum atomic E-state index is -0.157. The Labute approximate surface area is 165 Å². The number of carbonyl (C=O) groups is 2. The maximum atomic E-state index is 12.4. The number of anilines is 2. The van der Waals surface area contributed by atoms with Gasteiger partial charge in [-0.1, -0.05) is 23.5 Å². The molecule has 0 aliphatic heterocycles. The zero-order chi connectivity index (χ0) is 19.5. The summed E-state index contributed by atoms with van der Waals surface area (Å²) in [6.07, 6.45) is 4.26. The first-order valence-electron chi connectivity index (χ1n) is 8.77. The SMILES string of the molecule is CC(=O)Nc1nc2ccc(NC(=O)Cc3ccc(-n4cccc4)cc3)cc2s1. The van der Waals surface area contributed by atoms with E-state index >= 15 is 0 Å². The zero-order valence-corrected chi connectivity index (χ0v) is 16.0. The second-order valence-electron chi connectivity index (χ2n) is 6.36. The van der Waals surface area contributed by atoms with Crippen LogP contribution in [0.15, 0.2) is 67.0 Å². The van der Waals surface area contributed by atoms with E-state index in [-0.39, 0.29) is 11.8 Å². The van der Waals surface area contributed by atoms with Gasteiger partial charge in [0.2, 0.25) is 11.8 Å². The van der Waals surface area contributed by atoms with E-state index in [1.54, 1.807) is 0 Å². The van der Waals surface area contributed by atoms with Crippen LogP contribution in [0.1, 0.15) is 12.5 Å². The molecule has 0 aliphatic rings. The Hall–Kier alpha value is -3.45. The fraction of sp³-hybridized carbons (Fsp3) is 0.0952. The Kier molecular flexibility index (Phi) is 4.90. The van der Waals surface area contributed by atoms with Crippen LogP contribution in [0, 0.1) is 0 Å². The molecule has 6 nitrogen and oxygen atoms in total. The van der Waals surface area contributed by atoms with Crippen molar-refractivity contribution in [2.45, 2.75) is 13.3 Å². The van der Waals surface area contributed by atoms with E-state index < -0.39 is 0 Å². The van der Waals surface area contributed by atoms with Gasteiger partial charge in [0.25, 0.3) is 0 Å². The highest BCUT2D eigenvalue weighted by atomic mass is 32.1. The van der Waals surface area contributed by atoms with E-state index in [1.807, 2.05) is 71.6 Å². The summed E-state index contributed by atoms with van der Waals surface area (Å²) in [5.74, 6) is -0.241. The molecule has 0 saturated heterocycles. The van der Waals surface area contributed by atoms with Crippen molar-refractivity contribution in [3.05, 3.63) is 72.6 Å². The van der Waals surface area contributed by atoms with Crippen molar-refractivity contribution in [1.82, 2.24) is 9.55 Å². The molecule has 140 valence electrons. The first-order chi connectivity index (χ1) is 13.6. The Bertz CT molecular complexity index is 1130. The van der Waals surface area contributed by atoms with E-state index in [9.17, 15) is 9.59 Å². The molecule has 2 heterocycles. The summed E-state index contributed by atoms with van der Waals surface area (Å²) in [6, 6.07) is 17.4. The van der Waals surface area contributed by atoms with E-state index in [4.69, 9.17) is 0 Å². The molecule has 2 amide bonds. The van der Waals surface area contributed by atoms with Crippen LogP contribution in [-0.4, -0.2) is 21.4 Å². The quantitative estimate of drug-likeness (QED) is 0.535. The van der Waals surface area contributed by atoms with Crippen molar-refractivity contribution in [3.8, 4) is 5.69 Å². The van der Waals surface area contributed by atoms with Gasteiger partial charge in [-0.25, -0.2) is 4.98 Å². The Morgan fingerprint density at radius 1 is 1.04 bits per heavy atom. The predicted molar refractivity (Wildman–Crippen MR) is 112 cm³/mol. The van der Waals surface area contributed by atoms with Gasteiger partial charge in [0.15, 0.2) is 5.13 Å². The van der Waals surface area contributed by atoms with Gasteiger partial charge in [-0.15, -0.1) is 0 Å². The molecule has 2 N–H and O–H groups in total. The first-order valence-corrected chi connectivity index (χ1v) is 9.59. The number of carbonyl (C=O) groups excluding carboxylic acids is 2. The Balaban J connectivity index is 1.42. The van der Waals surface area contributed by atoms with Gasteiger partial charge in [-0.3, -0.25) is 9.59 Å². The molecular formula is C21H18N4O2S. The first kappa shape index (κ1) is 17.9. The zero-order valence-electron chi connectivity index (χ0n) is 15.2. The van der Waals surface area contributed by atoms with Crippen LogP contribution in [-0.2, 0) is 16.0 Å². The number of nitrogens with zero attached hydrogens (tertiary/aromatic N) is 2. The Morgan fingerprint density at radius 3 is 2.50 bits per heavy atom. The minimum Gasteiger partial charge on any atom is -0.326 e. The summed E-state index contributed by atoms with van der Waals surface area (Å²) in [5, 5.41) is 6.15. The summed E-state index contributed by atoms with van der Waals surface area (Å²) in [5.41, 5.74) is 3.49. The van der Waals surface area contributed by atoms with Crippen molar-refractivity contribution >= 4 is 44.2 Å². The molecule has 0 atom stereocenters. The van der Waals surface area contributed by atoms with Gasteiger partial charge in [-0.05, 0) is 48.0 Å². The lowest BCUT2D eigenvalue weighted by molar-refractivity contribution is -0.116. The average Bonchev–Trinajstić information content (AvgIpc) is 3.31. The molecule has 0 unspecified atom stereocenters. The van der Waals surface area contributed by atoms with Crippen LogP contribution >= 0.6 is 11.3 Å². The molecule has 0 saturated carbocycles. The van der Waals surface area contributed by atoms with Crippen molar-refractivity contribution in [3.63, 3.8) is 0 Å². The summed E-state index contributed by atoms with van der Waals surface area (Å²) in [4.78, 5) is 27.9. The highest BCUT2D eigenvalue weighted by Crippen LogP contribution is 2.28. The smallest absolute Gasteiger partial charge is 0.228 e. The van der Waals surface area contributed by atoms with Gasteiger partial charge in [0.05, 0.1) is 16.6 Å². The second kappa shape index (κ2) is 7.66. The molecule has 7 heteroatoms. The molecule has 2 aromatic carbocycles. The summed E-state index contributed by atoms with van der Waals surface area (Å²) in [6.45, 7) is 1.45. The average molecular weight is 390 g/mol. The third-order valence-corrected chi connectivity index (χ3v) is 5.09. The normalized spacial score (nSPS) is 10.8. The number of fused-ring (bicyclic) bond motifs is 1. The number of hydrogen-bond donors (Lipinski definition) is 2. The highest BCUT2D eigenvalue weighted by molar-refractivity contribution is 7.22. The van der Waals surface area contributed by atoms with Crippen LogP contribution < -0.4 is 10.6 Å². The lowest BCUT2D eigenvalue weighted by Gasteiger charge is -2.07. The van der Waals surface area contributed by atoms with Crippen LogP contribution in [0.3, 0.4) is 0 Å². The molecule has 0 fully saturated rings. The molecule has 4 rings (SSSR count). The monoisotopic (exact) mass is 390 g/mol. The van der Waals surface area contributed by atoms with E-state index in [0.717, 1.165) is 21.5 Å². The summed E-state index contributed by atoms with van der Waals surface area (Å²) in [7, 11) is 0. The van der Waals surface area contributed by atoms with Gasteiger partial charge >= 0.3 is 0 Å². The highest BCUT2D eigenvalue weighted by Gasteiger charge is 2.09. The summed E-state index contributed by atoms with van der Waals surface area (Å²) < 4.78 is 2.92. The molecule has 0 bridgehead atoms. The number of hydrogen-bond acceptors (Lipinski definition) is 4. The molecule has 28 heavy (non-hydrogen) atoms. The number of thiazole rings is 1. The fourth-order valence-corrected chi connectivity index (χ4v) is 3.84. The van der Waals surface area contributed by atoms with Gasteiger partial charge in [0, 0.05) is 30.7 Å². The van der Waals surface area contributed by atoms with E-state index in [0.29, 0.717) is 17.2 Å². The molecule has 0 aliphatic carbocycles. The van der Waals surface area contributed by atoms with E-state index in [1.165, 1.54) is 18.3 Å². The van der Waals surface area contributed by atoms with Crippen LogP contribution in [0.2, 0.25) is 0 Å². The minimum absolute atomic E-state index is 0.0836. The molecule has 2 aromatic heterocycles. The molecular weight excluding hydrogens is 372 g/mol. The summed E-state index contributed by atoms with van der Waals surface area (Å²) >= 11 is 1.37. The van der Waals surface area contributed by atoms with Gasteiger partial charge in [-0.2, -0.15) is 0 Å². The third-order valence-electron chi connectivity index (χ3n) is 4.16. The van der Waals surface area contributed by atoms with Crippen molar-refractivity contribution in [1.29, 1.82) is 0 Å². The second-order valence-corrected chi connectivity index (χ2v) is 7.40. The van der Waals surface area contributed by atoms with Crippen molar-refractivity contribution in [2.75, 3.05) is 10.6 Å². The third kappa shape index (κ3) is 4.10. The van der Waals surface area contributed by atoms with Crippen LogP contribution in [0.25, 0.3) is 15.9 Å².